The van der Waals surface area contributed by atoms with Gasteiger partial charge in [-0.2, -0.15) is 10.2 Å². The molecule has 1 heterocycles. The van der Waals surface area contributed by atoms with Gasteiger partial charge >= 0.3 is 5.97 Å². The Morgan fingerprint density at radius 2 is 1.64 bits per heavy atom. The molecule has 1 aliphatic rings. The summed E-state index contributed by atoms with van der Waals surface area (Å²) in [6.45, 7) is 14.0. The number of carbonyl (C=O) groups is 2. The molecule has 222 valence electrons. The highest BCUT2D eigenvalue weighted by molar-refractivity contribution is 5.98. The summed E-state index contributed by atoms with van der Waals surface area (Å²) in [6, 6.07) is 12.7. The van der Waals surface area contributed by atoms with Crippen LogP contribution in [0.4, 0.5) is 11.4 Å². The molecule has 0 bridgehead atoms. The highest BCUT2D eigenvalue weighted by atomic mass is 16.5. The number of amides is 1. The summed E-state index contributed by atoms with van der Waals surface area (Å²) in [5.41, 5.74) is 12.4. The molecule has 1 aliphatic heterocycles. The van der Waals surface area contributed by atoms with Gasteiger partial charge in [-0.15, -0.1) is 0 Å². The van der Waals surface area contributed by atoms with Crippen LogP contribution < -0.4 is 4.90 Å². The molecule has 42 heavy (non-hydrogen) atoms. The summed E-state index contributed by atoms with van der Waals surface area (Å²) in [5.74, 6) is -0.423. The number of aryl methyl sites for hydroxylation is 2. The average molecular weight is 569 g/mol. The van der Waals surface area contributed by atoms with Gasteiger partial charge in [0.25, 0.3) is 5.91 Å². The fourth-order valence-corrected chi connectivity index (χ4v) is 6.03. The topological polar surface area (TPSA) is 74.6 Å². The van der Waals surface area contributed by atoms with E-state index in [4.69, 9.17) is 4.74 Å². The maximum atomic E-state index is 13.9. The minimum Gasteiger partial charge on any atom is -0.469 e. The highest BCUT2D eigenvalue weighted by Gasteiger charge is 2.28. The second-order valence-electron chi connectivity index (χ2n) is 11.6. The SMILES string of the molecule is CCN=Nc1c(N(C)C)ccc([C@@H](CC(=O)OC)c2ccc3c(c2)CN(C(=O)c2c(C)c(C)cc(C)c2C)CC3)c1C. The molecule has 0 unspecified atom stereocenters. The van der Waals surface area contributed by atoms with Crippen molar-refractivity contribution in [1.29, 1.82) is 0 Å². The van der Waals surface area contributed by atoms with Gasteiger partial charge in [0.05, 0.1) is 25.8 Å². The molecule has 0 saturated heterocycles. The van der Waals surface area contributed by atoms with Crippen LogP contribution in [0.2, 0.25) is 0 Å². The van der Waals surface area contributed by atoms with Crippen LogP contribution in [0.3, 0.4) is 0 Å². The Balaban J connectivity index is 1.76. The van der Waals surface area contributed by atoms with E-state index in [0.29, 0.717) is 19.6 Å². The van der Waals surface area contributed by atoms with E-state index in [-0.39, 0.29) is 24.2 Å². The van der Waals surface area contributed by atoms with E-state index < -0.39 is 0 Å². The standard InChI is InChI=1S/C35H44N4O3/c1-10-36-37-34-25(6)29(13-14-31(34)38(7)8)30(19-32(40)42-9)27-12-11-26-15-16-39(20-28(26)18-27)35(41)33-23(4)21(2)17-22(3)24(33)5/h11-14,17-18,30H,10,15-16,19-20H2,1-9H3/t30-/m0/s1. The van der Waals surface area contributed by atoms with Crippen molar-refractivity contribution < 1.29 is 14.3 Å². The number of nitrogens with zero attached hydrogens (tertiary/aromatic N) is 4. The largest absolute Gasteiger partial charge is 0.469 e. The number of esters is 1. The van der Waals surface area contributed by atoms with Crippen LogP contribution in [0.25, 0.3) is 0 Å². The molecule has 0 fully saturated rings. The summed E-state index contributed by atoms with van der Waals surface area (Å²) in [7, 11) is 5.40. The number of azo groups is 1. The summed E-state index contributed by atoms with van der Waals surface area (Å²) in [6.07, 6.45) is 0.995. The third-order valence-electron chi connectivity index (χ3n) is 8.73. The summed E-state index contributed by atoms with van der Waals surface area (Å²) in [5, 5.41) is 8.86. The molecule has 3 aromatic carbocycles. The second-order valence-corrected chi connectivity index (χ2v) is 11.6. The van der Waals surface area contributed by atoms with Gasteiger partial charge in [0.15, 0.2) is 0 Å². The van der Waals surface area contributed by atoms with Gasteiger partial charge in [0.2, 0.25) is 0 Å². The fourth-order valence-electron chi connectivity index (χ4n) is 6.03. The number of hydrogen-bond acceptors (Lipinski definition) is 6. The Hall–Kier alpha value is -4.00. The van der Waals surface area contributed by atoms with Crippen molar-refractivity contribution in [1.82, 2.24) is 4.90 Å². The minimum absolute atomic E-state index is 0.0833. The first-order valence-electron chi connectivity index (χ1n) is 14.7. The Kier molecular flexibility index (Phi) is 9.50. The Morgan fingerprint density at radius 1 is 0.952 bits per heavy atom. The molecule has 1 atom stereocenters. The number of hydrogen-bond donors (Lipinski definition) is 0. The lowest BCUT2D eigenvalue weighted by atomic mass is 9.83. The van der Waals surface area contributed by atoms with Crippen LogP contribution in [-0.2, 0) is 22.5 Å². The number of carbonyl (C=O) groups excluding carboxylic acids is 2. The minimum atomic E-state index is -0.275. The van der Waals surface area contributed by atoms with Crippen molar-refractivity contribution in [2.24, 2.45) is 10.2 Å². The van der Waals surface area contributed by atoms with Crippen molar-refractivity contribution >= 4 is 23.3 Å². The molecule has 7 nitrogen and oxygen atoms in total. The average Bonchev–Trinajstić information content (AvgIpc) is 2.97. The lowest BCUT2D eigenvalue weighted by Gasteiger charge is -2.31. The van der Waals surface area contributed by atoms with Crippen molar-refractivity contribution in [3.05, 3.63) is 92.0 Å². The highest BCUT2D eigenvalue weighted by Crippen LogP contribution is 2.40. The number of anilines is 1. The zero-order valence-corrected chi connectivity index (χ0v) is 26.6. The second kappa shape index (κ2) is 12.9. The molecule has 7 heteroatoms. The van der Waals surface area contributed by atoms with Gasteiger partial charge in [0, 0.05) is 38.7 Å². The maximum Gasteiger partial charge on any atom is 0.306 e. The van der Waals surface area contributed by atoms with E-state index in [0.717, 1.165) is 67.9 Å². The summed E-state index contributed by atoms with van der Waals surface area (Å²) < 4.78 is 5.13. The predicted octanol–water partition coefficient (Wildman–Crippen LogP) is 7.29. The lowest BCUT2D eigenvalue weighted by Crippen LogP contribution is -2.37. The molecule has 0 aliphatic carbocycles. The van der Waals surface area contributed by atoms with Gasteiger partial charge in [-0.25, -0.2) is 0 Å². The van der Waals surface area contributed by atoms with Crippen molar-refractivity contribution in [2.75, 3.05) is 39.2 Å². The molecule has 3 aromatic rings. The summed E-state index contributed by atoms with van der Waals surface area (Å²) in [4.78, 5) is 30.6. The Bertz CT molecular complexity index is 1510. The van der Waals surface area contributed by atoms with E-state index in [2.05, 4.69) is 54.4 Å². The van der Waals surface area contributed by atoms with Crippen LogP contribution >= 0.6 is 0 Å². The Labute approximate surface area is 250 Å². The van der Waals surface area contributed by atoms with Crippen LogP contribution in [0.15, 0.2) is 46.6 Å². The lowest BCUT2D eigenvalue weighted by molar-refractivity contribution is -0.140. The molecule has 4 rings (SSSR count). The van der Waals surface area contributed by atoms with Crippen LogP contribution in [0.5, 0.6) is 0 Å². The van der Waals surface area contributed by atoms with Gasteiger partial charge in [-0.3, -0.25) is 9.59 Å². The zero-order chi connectivity index (χ0) is 30.7. The van der Waals surface area contributed by atoms with Crippen molar-refractivity contribution in [3.8, 4) is 0 Å². The van der Waals surface area contributed by atoms with Crippen LogP contribution in [0, 0.1) is 34.6 Å². The number of rotatable bonds is 8. The van der Waals surface area contributed by atoms with E-state index in [1.165, 1.54) is 12.7 Å². The molecular formula is C35H44N4O3. The van der Waals surface area contributed by atoms with Crippen LogP contribution in [-0.4, -0.2) is 51.1 Å². The third kappa shape index (κ3) is 6.10. The molecule has 0 spiro atoms. The number of fused-ring (bicyclic) bond motifs is 1. The van der Waals surface area contributed by atoms with Crippen LogP contribution in [0.1, 0.15) is 79.7 Å². The molecule has 1 amide bonds. The number of ether oxygens (including phenoxy) is 1. The fraction of sp³-hybridized carbons (Fsp3) is 0.429. The van der Waals surface area contributed by atoms with Crippen molar-refractivity contribution in [2.45, 2.75) is 66.8 Å². The van der Waals surface area contributed by atoms with Gasteiger partial charge in [0.1, 0.15) is 5.69 Å². The van der Waals surface area contributed by atoms with E-state index in [1.807, 2.05) is 57.7 Å². The first-order chi connectivity index (χ1) is 20.0. The zero-order valence-electron chi connectivity index (χ0n) is 26.6. The van der Waals surface area contributed by atoms with Crippen molar-refractivity contribution in [3.63, 3.8) is 0 Å². The van der Waals surface area contributed by atoms with E-state index >= 15 is 0 Å². The predicted molar refractivity (Wildman–Crippen MR) is 169 cm³/mol. The Morgan fingerprint density at radius 3 is 2.26 bits per heavy atom. The summed E-state index contributed by atoms with van der Waals surface area (Å²) >= 11 is 0. The smallest absolute Gasteiger partial charge is 0.306 e. The number of benzene rings is 3. The van der Waals surface area contributed by atoms with E-state index in [9.17, 15) is 9.59 Å². The normalized spacial score (nSPS) is 13.7. The number of methoxy groups -OCH3 is 1. The third-order valence-corrected chi connectivity index (χ3v) is 8.73. The maximum absolute atomic E-state index is 13.9. The molecule has 0 radical (unpaired) electrons. The van der Waals surface area contributed by atoms with E-state index in [1.54, 1.807) is 0 Å². The molecule has 0 aromatic heterocycles. The monoisotopic (exact) mass is 568 g/mol. The van der Waals surface area contributed by atoms with Gasteiger partial charge < -0.3 is 14.5 Å². The first-order valence-corrected chi connectivity index (χ1v) is 14.7. The molecule has 0 saturated carbocycles. The molecule has 0 N–H and O–H groups in total. The van der Waals surface area contributed by atoms with Gasteiger partial charge in [-0.1, -0.05) is 30.3 Å². The first kappa shape index (κ1) is 30.9. The molecular weight excluding hydrogens is 524 g/mol. The van der Waals surface area contributed by atoms with Gasteiger partial charge in [-0.05, 0) is 104 Å². The quantitative estimate of drug-likeness (QED) is 0.211.